The van der Waals surface area contributed by atoms with Crippen molar-refractivity contribution in [3.63, 3.8) is 0 Å². The fraction of sp³-hybridized carbons (Fsp3) is 0.364. The first-order valence-electron chi connectivity index (χ1n) is 5.71. The predicted molar refractivity (Wildman–Crippen MR) is 65.4 cm³/mol. The Labute approximate surface area is 108 Å². The van der Waals surface area contributed by atoms with E-state index in [0.29, 0.717) is 12.1 Å². The summed E-state index contributed by atoms with van der Waals surface area (Å²) in [5.74, 6) is -0.828. The molecular weight excluding hydrogens is 250 g/mol. The van der Waals surface area contributed by atoms with E-state index in [0.717, 1.165) is 0 Å². The normalized spacial score (nSPS) is 14.0. The van der Waals surface area contributed by atoms with Crippen LogP contribution in [0.15, 0.2) is 23.0 Å². The minimum Gasteiger partial charge on any atom is -0.479 e. The number of aromatic amines is 1. The highest BCUT2D eigenvalue weighted by molar-refractivity contribution is 5.76. The van der Waals surface area contributed by atoms with Crippen LogP contribution in [0.3, 0.4) is 0 Å². The number of carbonyl (C=O) groups is 1. The second-order valence-corrected chi connectivity index (χ2v) is 4.28. The van der Waals surface area contributed by atoms with Crippen LogP contribution >= 0.6 is 0 Å². The average molecular weight is 263 g/mol. The fourth-order valence-electron chi connectivity index (χ4n) is 1.66. The van der Waals surface area contributed by atoms with Crippen molar-refractivity contribution in [2.24, 2.45) is 0 Å². The second-order valence-electron chi connectivity index (χ2n) is 4.28. The number of hydrogen-bond donors (Lipinski definition) is 2. The molecule has 8 nitrogen and oxygen atoms in total. The summed E-state index contributed by atoms with van der Waals surface area (Å²) in [6.07, 6.45) is 0.303. The zero-order valence-electron chi connectivity index (χ0n) is 10.5. The summed E-state index contributed by atoms with van der Waals surface area (Å²) in [5, 5.41) is 20.4. The van der Waals surface area contributed by atoms with Crippen LogP contribution < -0.4 is 5.56 Å². The summed E-state index contributed by atoms with van der Waals surface area (Å²) in [5.41, 5.74) is -1.20. The van der Waals surface area contributed by atoms with E-state index in [1.807, 2.05) is 0 Å². The Morgan fingerprint density at radius 1 is 1.53 bits per heavy atom. The van der Waals surface area contributed by atoms with Gasteiger partial charge in [-0.3, -0.25) is 4.79 Å². The SMILES string of the molecule is CCC(C)(C(=O)O)n1nnnc1-c1cccc(=O)[nH]1. The number of H-pyrrole nitrogens is 1. The van der Waals surface area contributed by atoms with Gasteiger partial charge in [0.05, 0.1) is 5.69 Å². The molecule has 0 fully saturated rings. The molecule has 0 saturated heterocycles. The zero-order valence-corrected chi connectivity index (χ0v) is 10.5. The van der Waals surface area contributed by atoms with Crippen LogP contribution in [0, 0.1) is 0 Å². The number of rotatable bonds is 4. The molecule has 0 aliphatic carbocycles. The maximum atomic E-state index is 11.4. The van der Waals surface area contributed by atoms with Gasteiger partial charge >= 0.3 is 5.97 Å². The zero-order chi connectivity index (χ0) is 14.0. The molecule has 0 aliphatic rings. The number of aromatic nitrogens is 5. The first-order chi connectivity index (χ1) is 8.99. The van der Waals surface area contributed by atoms with Crippen molar-refractivity contribution >= 4 is 5.97 Å². The van der Waals surface area contributed by atoms with Crippen molar-refractivity contribution in [2.75, 3.05) is 0 Å². The molecule has 2 heterocycles. The van der Waals surface area contributed by atoms with Gasteiger partial charge in [0.15, 0.2) is 11.4 Å². The third-order valence-corrected chi connectivity index (χ3v) is 3.10. The van der Waals surface area contributed by atoms with Crippen molar-refractivity contribution in [2.45, 2.75) is 25.8 Å². The van der Waals surface area contributed by atoms with E-state index in [-0.39, 0.29) is 11.4 Å². The van der Waals surface area contributed by atoms with Gasteiger partial charge in [0, 0.05) is 6.07 Å². The van der Waals surface area contributed by atoms with Crippen molar-refractivity contribution in [1.29, 1.82) is 0 Å². The van der Waals surface area contributed by atoms with E-state index in [2.05, 4.69) is 20.5 Å². The molecule has 19 heavy (non-hydrogen) atoms. The lowest BCUT2D eigenvalue weighted by Gasteiger charge is -2.23. The molecular formula is C11H13N5O3. The number of nitrogens with zero attached hydrogens (tertiary/aromatic N) is 4. The molecule has 2 N–H and O–H groups in total. The molecule has 0 aromatic carbocycles. The topological polar surface area (TPSA) is 114 Å². The molecule has 100 valence electrons. The Kier molecular flexibility index (Phi) is 3.16. The molecule has 0 aliphatic heterocycles. The summed E-state index contributed by atoms with van der Waals surface area (Å²) in [7, 11) is 0. The summed E-state index contributed by atoms with van der Waals surface area (Å²) in [6.45, 7) is 3.25. The Balaban J connectivity index is 2.60. The van der Waals surface area contributed by atoms with Crippen LogP contribution in [-0.2, 0) is 10.3 Å². The number of aliphatic carboxylic acids is 1. The molecule has 2 aromatic rings. The summed E-state index contributed by atoms with van der Waals surface area (Å²) in [4.78, 5) is 25.3. The van der Waals surface area contributed by atoms with Gasteiger partial charge < -0.3 is 10.1 Å². The minimum atomic E-state index is -1.27. The van der Waals surface area contributed by atoms with Crippen LogP contribution in [0.2, 0.25) is 0 Å². The van der Waals surface area contributed by atoms with Gasteiger partial charge in [-0.2, -0.15) is 0 Å². The van der Waals surface area contributed by atoms with E-state index in [9.17, 15) is 14.7 Å². The summed E-state index contributed by atoms with van der Waals surface area (Å²) < 4.78 is 1.21. The molecule has 0 saturated carbocycles. The molecule has 0 amide bonds. The van der Waals surface area contributed by atoms with Gasteiger partial charge in [-0.1, -0.05) is 13.0 Å². The molecule has 2 rings (SSSR count). The standard InChI is InChI=1S/C11H13N5O3/c1-3-11(2,10(18)19)16-9(13-14-15-16)7-5-4-6-8(17)12-7/h4-6H,3H2,1-2H3,(H,12,17)(H,18,19). The Morgan fingerprint density at radius 3 is 2.84 bits per heavy atom. The number of carboxylic acids is 1. The Morgan fingerprint density at radius 2 is 2.26 bits per heavy atom. The van der Waals surface area contributed by atoms with Crippen molar-refractivity contribution in [3.05, 3.63) is 28.6 Å². The van der Waals surface area contributed by atoms with E-state index >= 15 is 0 Å². The van der Waals surface area contributed by atoms with Crippen LogP contribution in [-0.4, -0.2) is 36.3 Å². The van der Waals surface area contributed by atoms with E-state index in [1.165, 1.54) is 17.7 Å². The Bertz CT molecular complexity index is 662. The van der Waals surface area contributed by atoms with E-state index in [1.54, 1.807) is 19.1 Å². The number of pyridine rings is 1. The van der Waals surface area contributed by atoms with Crippen LogP contribution in [0.5, 0.6) is 0 Å². The molecule has 2 aromatic heterocycles. The molecule has 1 unspecified atom stereocenters. The molecule has 1 atom stereocenters. The lowest BCUT2D eigenvalue weighted by atomic mass is 9.99. The molecule has 8 heteroatoms. The second kappa shape index (κ2) is 4.63. The maximum absolute atomic E-state index is 11.4. The van der Waals surface area contributed by atoms with Crippen molar-refractivity contribution < 1.29 is 9.90 Å². The van der Waals surface area contributed by atoms with Crippen LogP contribution in [0.1, 0.15) is 20.3 Å². The van der Waals surface area contributed by atoms with Gasteiger partial charge in [0.1, 0.15) is 0 Å². The third kappa shape index (κ3) is 2.12. The van der Waals surface area contributed by atoms with Crippen LogP contribution in [0.4, 0.5) is 0 Å². The Hall–Kier alpha value is -2.51. The largest absolute Gasteiger partial charge is 0.479 e. The quantitative estimate of drug-likeness (QED) is 0.816. The third-order valence-electron chi connectivity index (χ3n) is 3.10. The number of carboxylic acid groups (broad SMARTS) is 1. The van der Waals surface area contributed by atoms with E-state index < -0.39 is 11.5 Å². The van der Waals surface area contributed by atoms with Gasteiger partial charge in [-0.15, -0.1) is 5.10 Å². The van der Waals surface area contributed by atoms with Crippen molar-refractivity contribution in [1.82, 2.24) is 25.2 Å². The summed E-state index contributed by atoms with van der Waals surface area (Å²) >= 11 is 0. The number of tetrazole rings is 1. The lowest BCUT2D eigenvalue weighted by molar-refractivity contribution is -0.147. The van der Waals surface area contributed by atoms with Crippen molar-refractivity contribution in [3.8, 4) is 11.5 Å². The highest BCUT2D eigenvalue weighted by atomic mass is 16.4. The minimum absolute atomic E-state index is 0.212. The van der Waals surface area contributed by atoms with Gasteiger partial charge in [0.2, 0.25) is 5.56 Å². The van der Waals surface area contributed by atoms with E-state index in [4.69, 9.17) is 0 Å². The first-order valence-corrected chi connectivity index (χ1v) is 5.71. The molecule has 0 radical (unpaired) electrons. The average Bonchev–Trinajstić information content (AvgIpc) is 2.87. The van der Waals surface area contributed by atoms with Gasteiger partial charge in [-0.05, 0) is 29.8 Å². The smallest absolute Gasteiger partial charge is 0.331 e. The highest BCUT2D eigenvalue weighted by Gasteiger charge is 2.37. The monoisotopic (exact) mass is 263 g/mol. The predicted octanol–water partition coefficient (Wildman–Crippen LogP) is 0.238. The number of hydrogen-bond acceptors (Lipinski definition) is 5. The van der Waals surface area contributed by atoms with Gasteiger partial charge in [-0.25, -0.2) is 9.48 Å². The molecule has 0 bridgehead atoms. The lowest BCUT2D eigenvalue weighted by Crippen LogP contribution is -2.39. The summed E-state index contributed by atoms with van der Waals surface area (Å²) in [6, 6.07) is 4.52. The fourth-order valence-corrected chi connectivity index (χ4v) is 1.66. The highest BCUT2D eigenvalue weighted by Crippen LogP contribution is 2.24. The van der Waals surface area contributed by atoms with Crippen LogP contribution in [0.25, 0.3) is 11.5 Å². The molecule has 0 spiro atoms. The number of nitrogens with one attached hydrogen (secondary N) is 1. The van der Waals surface area contributed by atoms with Gasteiger partial charge in [0.25, 0.3) is 0 Å². The maximum Gasteiger partial charge on any atom is 0.331 e. The first kappa shape index (κ1) is 12.9.